The number of hydrogen-bond acceptors (Lipinski definition) is 13. The van der Waals surface area contributed by atoms with Gasteiger partial charge in [-0.3, -0.25) is 9.36 Å². The predicted octanol–water partition coefficient (Wildman–Crippen LogP) is 6.93. The third-order valence-electron chi connectivity index (χ3n) is 10.5. The van der Waals surface area contributed by atoms with Crippen molar-refractivity contribution in [2.75, 3.05) is 72.8 Å². The molecule has 310 valence electrons. The quantitative estimate of drug-likeness (QED) is 0.188. The Morgan fingerprint density at radius 3 is 1.74 bits per heavy atom. The van der Waals surface area contributed by atoms with E-state index in [9.17, 15) is 14.4 Å². The maximum Gasteiger partial charge on any atom is 0.410 e. The van der Waals surface area contributed by atoms with Crippen LogP contribution in [0.15, 0.2) is 52.1 Å². The lowest BCUT2D eigenvalue weighted by Crippen LogP contribution is -2.50. The number of fused-ring (bicyclic) bond motifs is 1. The summed E-state index contributed by atoms with van der Waals surface area (Å²) in [6.45, 7) is 16.5. The van der Waals surface area contributed by atoms with Crippen LogP contribution in [0.4, 0.5) is 38.5 Å². The molecule has 7 rings (SSSR count). The largest absolute Gasteiger partial charge is 0.444 e. The van der Waals surface area contributed by atoms with Gasteiger partial charge in [-0.1, -0.05) is 12.8 Å². The van der Waals surface area contributed by atoms with Gasteiger partial charge in [0.05, 0.1) is 28.2 Å². The predicted molar refractivity (Wildman–Crippen MR) is 228 cm³/mol. The van der Waals surface area contributed by atoms with Gasteiger partial charge in [-0.25, -0.2) is 24.5 Å². The van der Waals surface area contributed by atoms with Crippen molar-refractivity contribution < 1.29 is 19.1 Å². The number of hydrogen-bond donors (Lipinski definition) is 2. The minimum Gasteiger partial charge on any atom is -0.444 e. The van der Waals surface area contributed by atoms with Crippen LogP contribution >= 0.6 is 15.9 Å². The summed E-state index contributed by atoms with van der Waals surface area (Å²) in [5, 5.41) is 7.41. The molecule has 0 unspecified atom stereocenters. The molecule has 0 radical (unpaired) electrons. The van der Waals surface area contributed by atoms with Gasteiger partial charge in [-0.05, 0) is 94.6 Å². The molecule has 0 atom stereocenters. The first-order valence-corrected chi connectivity index (χ1v) is 20.9. The zero-order chi connectivity index (χ0) is 41.2. The monoisotopic (exact) mass is 859 g/mol. The van der Waals surface area contributed by atoms with E-state index in [1.54, 1.807) is 22.2 Å². The molecule has 1 saturated carbocycles. The van der Waals surface area contributed by atoms with Gasteiger partial charge in [0.1, 0.15) is 28.5 Å². The van der Waals surface area contributed by atoms with Crippen molar-refractivity contribution in [2.24, 2.45) is 0 Å². The number of piperazine rings is 2. The van der Waals surface area contributed by atoms with E-state index in [1.807, 2.05) is 76.6 Å². The third kappa shape index (κ3) is 9.73. The Balaban J connectivity index is 1.03. The average Bonchev–Trinajstić information content (AvgIpc) is 3.72. The van der Waals surface area contributed by atoms with Gasteiger partial charge in [0.15, 0.2) is 0 Å². The maximum atomic E-state index is 14.0. The molecule has 4 aromatic rings. The van der Waals surface area contributed by atoms with Crippen LogP contribution in [0.1, 0.15) is 78.8 Å². The molecule has 4 aromatic heterocycles. The topological polar surface area (TPSA) is 163 Å². The lowest BCUT2D eigenvalue weighted by molar-refractivity contribution is 0.0230. The first kappa shape index (κ1) is 41.0. The molecule has 0 aromatic carbocycles. The highest BCUT2D eigenvalue weighted by molar-refractivity contribution is 9.10. The normalized spacial score (nSPS) is 16.8. The van der Waals surface area contributed by atoms with Crippen LogP contribution in [0.25, 0.3) is 11.0 Å². The number of carbonyl (C=O) groups excluding carboxylic acids is 2. The highest BCUT2D eigenvalue weighted by Gasteiger charge is 2.29. The number of halogens is 1. The van der Waals surface area contributed by atoms with E-state index in [2.05, 4.69) is 51.3 Å². The Morgan fingerprint density at radius 2 is 1.26 bits per heavy atom. The first-order valence-electron chi connectivity index (χ1n) is 20.1. The Bertz CT molecular complexity index is 2150. The molecule has 2 aliphatic heterocycles. The number of anilines is 5. The maximum absolute atomic E-state index is 14.0. The highest BCUT2D eigenvalue weighted by atomic mass is 79.9. The molecule has 3 fully saturated rings. The minimum atomic E-state index is -0.529. The summed E-state index contributed by atoms with van der Waals surface area (Å²) in [7, 11) is 0. The smallest absolute Gasteiger partial charge is 0.410 e. The third-order valence-corrected chi connectivity index (χ3v) is 11.3. The Kier molecular flexibility index (Phi) is 12.0. The van der Waals surface area contributed by atoms with Crippen molar-refractivity contribution in [1.82, 2.24) is 34.3 Å². The summed E-state index contributed by atoms with van der Waals surface area (Å²) in [5.74, 6) is 1.58. The minimum absolute atomic E-state index is 0.0458. The molecule has 2 N–H and O–H groups in total. The van der Waals surface area contributed by atoms with Crippen molar-refractivity contribution in [1.29, 1.82) is 0 Å². The summed E-state index contributed by atoms with van der Waals surface area (Å²) < 4.78 is 13.4. The second-order valence-corrected chi connectivity index (χ2v) is 17.8. The number of rotatable bonds is 8. The molecule has 0 bridgehead atoms. The molecule has 3 aliphatic rings. The molecule has 0 spiro atoms. The van der Waals surface area contributed by atoms with E-state index in [1.165, 1.54) is 0 Å². The Hall–Kier alpha value is -5.19. The number of aromatic nitrogens is 5. The second-order valence-electron chi connectivity index (χ2n) is 17.0. The SMILES string of the molecule is CC(C)(C)OC(=O)N1CCN(c2ccc(NCc3c(Br)c(=O)n(C4CCCC4)c4nc(Nc5ccc(N6CCN(C(=O)OC(C)(C)C)CC6)cn5)ncc34)nc2)CC1. The molecule has 16 nitrogen and oxygen atoms in total. The van der Waals surface area contributed by atoms with Gasteiger partial charge in [-0.2, -0.15) is 4.98 Å². The Labute approximate surface area is 347 Å². The van der Waals surface area contributed by atoms with Gasteiger partial charge in [0, 0.05) is 82.1 Å². The van der Waals surface area contributed by atoms with E-state index in [0.29, 0.717) is 86.6 Å². The van der Waals surface area contributed by atoms with Crippen LogP contribution in [-0.4, -0.2) is 110 Å². The molecule has 2 saturated heterocycles. The number of pyridine rings is 3. The molecule has 58 heavy (non-hydrogen) atoms. The van der Waals surface area contributed by atoms with E-state index < -0.39 is 11.2 Å². The summed E-state index contributed by atoms with van der Waals surface area (Å²) in [4.78, 5) is 65.9. The Morgan fingerprint density at radius 1 is 0.741 bits per heavy atom. The molecule has 1 aliphatic carbocycles. The number of nitrogens with zero attached hydrogens (tertiary/aromatic N) is 9. The number of ether oxygens (including phenoxy) is 2. The fourth-order valence-electron chi connectivity index (χ4n) is 7.52. The lowest BCUT2D eigenvalue weighted by Gasteiger charge is -2.36. The van der Waals surface area contributed by atoms with Crippen LogP contribution in [-0.2, 0) is 16.0 Å². The summed E-state index contributed by atoms with van der Waals surface area (Å²) in [6, 6.07) is 7.85. The van der Waals surface area contributed by atoms with Crippen molar-refractivity contribution in [2.45, 2.75) is 91.0 Å². The summed E-state index contributed by atoms with van der Waals surface area (Å²) in [5.41, 5.74) is 2.06. The van der Waals surface area contributed by atoms with Crippen molar-refractivity contribution >= 4 is 68.1 Å². The standard InChI is InChI=1S/C41H54BrN11O5/c1-40(2,3)57-38(55)51-19-15-49(16-20-51)28-11-13-32(43-23-28)45-25-30-31-26-46-37(48-35(31)53(36(54)34(30)42)27-9-7-8-10-27)47-33-14-12-29(24-44-33)50-17-21-52(22-18-50)39(56)58-41(4,5)6/h11-14,23-24,26-27H,7-10,15-22,25H2,1-6H3,(H,43,45)(H,44,46,47,48). The molecular weight excluding hydrogens is 806 g/mol. The van der Waals surface area contributed by atoms with Crippen LogP contribution in [0.5, 0.6) is 0 Å². The average molecular weight is 861 g/mol. The van der Waals surface area contributed by atoms with Crippen LogP contribution < -0.4 is 26.0 Å². The van der Waals surface area contributed by atoms with Gasteiger partial charge in [0.25, 0.3) is 5.56 Å². The van der Waals surface area contributed by atoms with Crippen LogP contribution in [0.3, 0.4) is 0 Å². The number of amides is 2. The van der Waals surface area contributed by atoms with E-state index in [-0.39, 0.29) is 23.8 Å². The summed E-state index contributed by atoms with van der Waals surface area (Å²) in [6.07, 6.45) is 8.75. The van der Waals surface area contributed by atoms with Gasteiger partial charge >= 0.3 is 12.2 Å². The first-order chi connectivity index (χ1) is 27.6. The fourth-order valence-corrected chi connectivity index (χ4v) is 8.06. The molecular formula is C41H54BrN11O5. The summed E-state index contributed by atoms with van der Waals surface area (Å²) >= 11 is 3.65. The zero-order valence-electron chi connectivity index (χ0n) is 34.3. The van der Waals surface area contributed by atoms with Crippen molar-refractivity contribution in [3.63, 3.8) is 0 Å². The molecule has 6 heterocycles. The van der Waals surface area contributed by atoms with E-state index in [0.717, 1.165) is 48.0 Å². The number of nitrogens with one attached hydrogen (secondary N) is 2. The lowest BCUT2D eigenvalue weighted by atomic mass is 10.1. The van der Waals surface area contributed by atoms with E-state index in [4.69, 9.17) is 14.5 Å². The van der Waals surface area contributed by atoms with Crippen molar-refractivity contribution in [3.05, 3.63) is 63.2 Å². The van der Waals surface area contributed by atoms with Crippen LogP contribution in [0, 0.1) is 0 Å². The fraction of sp³-hybridized carbons (Fsp3) is 0.537. The molecule has 2 amide bonds. The highest BCUT2D eigenvalue weighted by Crippen LogP contribution is 2.33. The number of carbonyl (C=O) groups is 2. The van der Waals surface area contributed by atoms with Crippen molar-refractivity contribution in [3.8, 4) is 0 Å². The van der Waals surface area contributed by atoms with Gasteiger partial charge in [0.2, 0.25) is 5.95 Å². The van der Waals surface area contributed by atoms with Gasteiger partial charge in [-0.15, -0.1) is 0 Å². The molecule has 17 heteroatoms. The van der Waals surface area contributed by atoms with Crippen LogP contribution in [0.2, 0.25) is 0 Å². The van der Waals surface area contributed by atoms with Gasteiger partial charge < -0.3 is 39.7 Å². The second kappa shape index (κ2) is 17.0. The zero-order valence-corrected chi connectivity index (χ0v) is 35.8. The van der Waals surface area contributed by atoms with E-state index >= 15 is 0 Å².